The summed E-state index contributed by atoms with van der Waals surface area (Å²) >= 11 is 1.27. The van der Waals surface area contributed by atoms with Gasteiger partial charge in [-0.15, -0.1) is 16.8 Å². The maximum Gasteiger partial charge on any atom is 0.339 e. The monoisotopic (exact) mass is 422 g/mol. The normalized spacial score (nSPS) is 10.5. The Labute approximate surface area is 179 Å². The first-order valence-corrected chi connectivity index (χ1v) is 10.2. The Hall–Kier alpha value is -3.39. The van der Waals surface area contributed by atoms with Gasteiger partial charge in [0.1, 0.15) is 0 Å². The molecule has 0 aliphatic carbocycles. The van der Waals surface area contributed by atoms with Gasteiger partial charge in [-0.2, -0.15) is 0 Å². The number of carbonyl (C=O) groups is 2. The van der Waals surface area contributed by atoms with E-state index >= 15 is 0 Å². The molecule has 0 spiro atoms. The zero-order chi connectivity index (χ0) is 21.5. The Balaban J connectivity index is 1.74. The van der Waals surface area contributed by atoms with Gasteiger partial charge < -0.3 is 10.1 Å². The number of nitrogens with zero attached hydrogens (tertiary/aromatic N) is 3. The molecule has 0 bridgehead atoms. The highest BCUT2D eigenvalue weighted by atomic mass is 32.2. The van der Waals surface area contributed by atoms with E-state index in [9.17, 15) is 9.59 Å². The fourth-order valence-corrected chi connectivity index (χ4v) is 3.63. The molecule has 8 heteroatoms. The molecule has 3 aromatic rings. The lowest BCUT2D eigenvalue weighted by Crippen LogP contribution is -2.17. The number of carbonyl (C=O) groups excluding carboxylic acids is 2. The first-order valence-electron chi connectivity index (χ1n) is 9.24. The number of hydrogen-bond acceptors (Lipinski definition) is 6. The number of methoxy groups -OCH3 is 1. The SMILES string of the molecule is C=CCn1c(SCC(=O)Nc2ccccc2C(=O)OC)nnc1-c1cccc(C)c1. The van der Waals surface area contributed by atoms with Gasteiger partial charge in [-0.1, -0.05) is 53.7 Å². The van der Waals surface area contributed by atoms with Crippen molar-refractivity contribution >= 4 is 29.3 Å². The molecule has 30 heavy (non-hydrogen) atoms. The van der Waals surface area contributed by atoms with Gasteiger partial charge in [-0.3, -0.25) is 9.36 Å². The summed E-state index contributed by atoms with van der Waals surface area (Å²) in [6.07, 6.45) is 1.76. The third-order valence-corrected chi connectivity index (χ3v) is 5.21. The van der Waals surface area contributed by atoms with Gasteiger partial charge in [-0.25, -0.2) is 4.79 Å². The van der Waals surface area contributed by atoms with Gasteiger partial charge in [0.05, 0.1) is 24.1 Å². The zero-order valence-corrected chi connectivity index (χ0v) is 17.6. The summed E-state index contributed by atoms with van der Waals surface area (Å²) in [5.74, 6) is 0.0599. The largest absolute Gasteiger partial charge is 0.465 e. The van der Waals surface area contributed by atoms with Gasteiger partial charge in [0.15, 0.2) is 11.0 Å². The summed E-state index contributed by atoms with van der Waals surface area (Å²) in [5, 5.41) is 11.9. The molecule has 154 valence electrons. The summed E-state index contributed by atoms with van der Waals surface area (Å²) in [6, 6.07) is 14.7. The van der Waals surface area contributed by atoms with Crippen molar-refractivity contribution in [3.05, 3.63) is 72.3 Å². The number of esters is 1. The molecule has 1 N–H and O–H groups in total. The molecule has 0 aliphatic rings. The average molecular weight is 423 g/mol. The van der Waals surface area contributed by atoms with Crippen LogP contribution in [0.15, 0.2) is 66.3 Å². The fourth-order valence-electron chi connectivity index (χ4n) is 2.88. The maximum absolute atomic E-state index is 12.5. The third kappa shape index (κ3) is 4.96. The molecule has 0 atom stereocenters. The first kappa shape index (κ1) is 21.3. The van der Waals surface area contributed by atoms with Crippen molar-refractivity contribution in [2.45, 2.75) is 18.6 Å². The van der Waals surface area contributed by atoms with E-state index in [4.69, 9.17) is 4.74 Å². The van der Waals surface area contributed by atoms with Crippen LogP contribution < -0.4 is 5.32 Å². The van der Waals surface area contributed by atoms with E-state index in [2.05, 4.69) is 22.1 Å². The standard InChI is InChI=1S/C22H22N4O3S/c1-4-12-26-20(16-9-7-8-15(2)13-16)24-25-22(26)30-14-19(27)23-18-11-6-5-10-17(18)21(28)29-3/h4-11,13H,1,12,14H2,2-3H3,(H,23,27). The smallest absolute Gasteiger partial charge is 0.339 e. The van der Waals surface area contributed by atoms with Crippen molar-refractivity contribution in [3.8, 4) is 11.4 Å². The van der Waals surface area contributed by atoms with E-state index in [1.807, 2.05) is 35.8 Å². The third-order valence-electron chi connectivity index (χ3n) is 4.24. The lowest BCUT2D eigenvalue weighted by molar-refractivity contribution is -0.113. The molecule has 1 amide bonds. The molecule has 0 fully saturated rings. The van der Waals surface area contributed by atoms with Crippen LogP contribution in [0, 0.1) is 6.92 Å². The summed E-state index contributed by atoms with van der Waals surface area (Å²) in [5.41, 5.74) is 2.78. The lowest BCUT2D eigenvalue weighted by atomic mass is 10.1. The van der Waals surface area contributed by atoms with Crippen LogP contribution in [0.1, 0.15) is 15.9 Å². The highest BCUT2D eigenvalue weighted by Crippen LogP contribution is 2.25. The average Bonchev–Trinajstić information content (AvgIpc) is 3.15. The van der Waals surface area contributed by atoms with E-state index in [1.54, 1.807) is 30.3 Å². The molecule has 3 rings (SSSR count). The van der Waals surface area contributed by atoms with Gasteiger partial charge in [0.25, 0.3) is 0 Å². The Kier molecular flexibility index (Phi) is 7.03. The zero-order valence-electron chi connectivity index (χ0n) is 16.8. The van der Waals surface area contributed by atoms with Crippen molar-refractivity contribution in [2.75, 3.05) is 18.2 Å². The number of amides is 1. The van der Waals surface area contributed by atoms with Gasteiger partial charge in [0.2, 0.25) is 5.91 Å². The first-order chi connectivity index (χ1) is 14.5. The van der Waals surface area contributed by atoms with Crippen LogP contribution in [0.4, 0.5) is 5.69 Å². The Morgan fingerprint density at radius 3 is 2.73 bits per heavy atom. The second-order valence-electron chi connectivity index (χ2n) is 6.45. The highest BCUT2D eigenvalue weighted by Gasteiger charge is 2.17. The van der Waals surface area contributed by atoms with E-state index < -0.39 is 5.97 Å². The summed E-state index contributed by atoms with van der Waals surface area (Å²) < 4.78 is 6.68. The number of rotatable bonds is 8. The molecule has 7 nitrogen and oxygen atoms in total. The molecule has 1 heterocycles. The Morgan fingerprint density at radius 2 is 2.00 bits per heavy atom. The molecule has 0 saturated heterocycles. The number of para-hydroxylation sites is 1. The van der Waals surface area contributed by atoms with Crippen molar-refractivity contribution in [1.82, 2.24) is 14.8 Å². The maximum atomic E-state index is 12.5. The quantitative estimate of drug-likeness (QED) is 0.336. The fraction of sp³-hybridized carbons (Fsp3) is 0.182. The Bertz CT molecular complexity index is 1080. The topological polar surface area (TPSA) is 86.1 Å². The molecular formula is C22H22N4O3S. The summed E-state index contributed by atoms with van der Waals surface area (Å²) in [7, 11) is 1.30. The van der Waals surface area contributed by atoms with E-state index in [0.717, 1.165) is 17.0 Å². The van der Waals surface area contributed by atoms with Crippen molar-refractivity contribution < 1.29 is 14.3 Å². The molecule has 2 aromatic carbocycles. The van der Waals surface area contributed by atoms with E-state index in [0.29, 0.717) is 23.0 Å². The van der Waals surface area contributed by atoms with E-state index in [1.165, 1.54) is 18.9 Å². The van der Waals surface area contributed by atoms with Crippen LogP contribution in [0.2, 0.25) is 0 Å². The second-order valence-corrected chi connectivity index (χ2v) is 7.39. The minimum absolute atomic E-state index is 0.110. The van der Waals surface area contributed by atoms with Crippen molar-refractivity contribution in [2.24, 2.45) is 0 Å². The number of hydrogen-bond donors (Lipinski definition) is 1. The van der Waals surface area contributed by atoms with Crippen molar-refractivity contribution in [3.63, 3.8) is 0 Å². The number of aryl methyl sites for hydroxylation is 1. The lowest BCUT2D eigenvalue weighted by Gasteiger charge is -2.10. The number of nitrogens with one attached hydrogen (secondary N) is 1. The van der Waals surface area contributed by atoms with Crippen LogP contribution in [-0.4, -0.2) is 39.5 Å². The second kappa shape index (κ2) is 9.89. The minimum atomic E-state index is -0.507. The summed E-state index contributed by atoms with van der Waals surface area (Å²) in [4.78, 5) is 24.3. The minimum Gasteiger partial charge on any atom is -0.465 e. The molecule has 0 radical (unpaired) electrons. The van der Waals surface area contributed by atoms with Crippen LogP contribution >= 0.6 is 11.8 Å². The molecule has 0 saturated carbocycles. The van der Waals surface area contributed by atoms with Gasteiger partial charge in [0, 0.05) is 12.1 Å². The van der Waals surface area contributed by atoms with Gasteiger partial charge in [-0.05, 0) is 25.1 Å². The number of thioether (sulfide) groups is 1. The summed E-state index contributed by atoms with van der Waals surface area (Å²) in [6.45, 7) is 6.34. The number of anilines is 1. The van der Waals surface area contributed by atoms with Crippen LogP contribution in [-0.2, 0) is 16.1 Å². The highest BCUT2D eigenvalue weighted by molar-refractivity contribution is 7.99. The number of aromatic nitrogens is 3. The predicted octanol–water partition coefficient (Wildman–Crippen LogP) is 3.96. The van der Waals surface area contributed by atoms with Crippen LogP contribution in [0.3, 0.4) is 0 Å². The van der Waals surface area contributed by atoms with Crippen LogP contribution in [0.5, 0.6) is 0 Å². The number of allylic oxidation sites excluding steroid dienone is 1. The molecule has 0 aliphatic heterocycles. The molecule has 0 unspecified atom stereocenters. The van der Waals surface area contributed by atoms with Gasteiger partial charge >= 0.3 is 5.97 Å². The Morgan fingerprint density at radius 1 is 1.20 bits per heavy atom. The predicted molar refractivity (Wildman–Crippen MR) is 118 cm³/mol. The van der Waals surface area contributed by atoms with Crippen molar-refractivity contribution in [1.29, 1.82) is 0 Å². The van der Waals surface area contributed by atoms with E-state index in [-0.39, 0.29) is 11.7 Å². The number of benzene rings is 2. The molecule has 1 aromatic heterocycles. The number of ether oxygens (including phenoxy) is 1. The molecular weight excluding hydrogens is 400 g/mol. The van der Waals surface area contributed by atoms with Crippen LogP contribution in [0.25, 0.3) is 11.4 Å².